The lowest BCUT2D eigenvalue weighted by molar-refractivity contribution is 0.0751. The average molecular weight is 225 g/mol. The minimum absolute atomic E-state index is 0.00635. The minimum Gasteiger partial charge on any atom is -0.373 e. The van der Waals surface area contributed by atoms with E-state index in [1.807, 2.05) is 7.05 Å². The Morgan fingerprint density at radius 1 is 1.56 bits per heavy atom. The molecular weight excluding hydrogens is 206 g/mol. The van der Waals surface area contributed by atoms with Crippen LogP contribution in [0.4, 0.5) is 0 Å². The van der Waals surface area contributed by atoms with Gasteiger partial charge in [0.2, 0.25) is 11.7 Å². The number of nitrogens with zero attached hydrogens (tertiary/aromatic N) is 2. The van der Waals surface area contributed by atoms with E-state index >= 15 is 0 Å². The SMILES string of the molecule is CCC(NC)c1nc(C(OC)C2CC2)no1. The van der Waals surface area contributed by atoms with Crippen LogP contribution in [0.5, 0.6) is 0 Å². The molecule has 16 heavy (non-hydrogen) atoms. The van der Waals surface area contributed by atoms with Gasteiger partial charge in [-0.05, 0) is 32.2 Å². The highest BCUT2D eigenvalue weighted by Crippen LogP contribution is 2.42. The molecule has 2 atom stereocenters. The van der Waals surface area contributed by atoms with Gasteiger partial charge in [-0.1, -0.05) is 12.1 Å². The van der Waals surface area contributed by atoms with Gasteiger partial charge in [-0.15, -0.1) is 0 Å². The molecule has 1 heterocycles. The van der Waals surface area contributed by atoms with Gasteiger partial charge in [0.25, 0.3) is 0 Å². The van der Waals surface area contributed by atoms with Gasteiger partial charge in [-0.2, -0.15) is 4.98 Å². The fraction of sp³-hybridized carbons (Fsp3) is 0.818. The van der Waals surface area contributed by atoms with Gasteiger partial charge in [0, 0.05) is 7.11 Å². The third-order valence-electron chi connectivity index (χ3n) is 3.07. The van der Waals surface area contributed by atoms with Crippen LogP contribution in [0.2, 0.25) is 0 Å². The standard InChI is InChI=1S/C11H19N3O2/c1-4-8(12-2)11-13-10(14-16-11)9(15-3)7-5-6-7/h7-9,12H,4-6H2,1-3H3. The average Bonchev–Trinajstić information content (AvgIpc) is 3.01. The van der Waals surface area contributed by atoms with Crippen LogP contribution >= 0.6 is 0 Å². The van der Waals surface area contributed by atoms with Gasteiger partial charge < -0.3 is 14.6 Å². The molecule has 0 amide bonds. The first-order valence-corrected chi connectivity index (χ1v) is 5.83. The summed E-state index contributed by atoms with van der Waals surface area (Å²) in [5.41, 5.74) is 0. The molecule has 1 N–H and O–H groups in total. The summed E-state index contributed by atoms with van der Waals surface area (Å²) in [4.78, 5) is 4.42. The summed E-state index contributed by atoms with van der Waals surface area (Å²) in [5.74, 6) is 1.92. The molecular formula is C11H19N3O2. The molecule has 5 nitrogen and oxygen atoms in total. The van der Waals surface area contributed by atoms with E-state index in [0.717, 1.165) is 6.42 Å². The number of nitrogens with one attached hydrogen (secondary N) is 1. The van der Waals surface area contributed by atoms with Crippen molar-refractivity contribution in [3.63, 3.8) is 0 Å². The van der Waals surface area contributed by atoms with E-state index in [0.29, 0.717) is 17.6 Å². The molecule has 1 aliphatic carbocycles. The lowest BCUT2D eigenvalue weighted by atomic mass is 10.2. The summed E-state index contributed by atoms with van der Waals surface area (Å²) >= 11 is 0. The maximum Gasteiger partial charge on any atom is 0.243 e. The lowest BCUT2D eigenvalue weighted by Gasteiger charge is -2.09. The Balaban J connectivity index is 2.10. The predicted molar refractivity (Wildman–Crippen MR) is 58.9 cm³/mol. The van der Waals surface area contributed by atoms with Crippen LogP contribution in [-0.2, 0) is 4.74 Å². The van der Waals surface area contributed by atoms with E-state index in [1.54, 1.807) is 7.11 Å². The first-order valence-electron chi connectivity index (χ1n) is 5.83. The Kier molecular flexibility index (Phi) is 3.56. The molecule has 90 valence electrons. The summed E-state index contributed by atoms with van der Waals surface area (Å²) < 4.78 is 10.7. The van der Waals surface area contributed by atoms with Crippen LogP contribution in [0.15, 0.2) is 4.52 Å². The van der Waals surface area contributed by atoms with Crippen molar-refractivity contribution in [3.05, 3.63) is 11.7 Å². The Hall–Kier alpha value is -0.940. The molecule has 0 aromatic carbocycles. The molecule has 0 aliphatic heterocycles. The maximum atomic E-state index is 5.42. The normalized spacial score (nSPS) is 19.7. The Morgan fingerprint density at radius 3 is 2.81 bits per heavy atom. The van der Waals surface area contributed by atoms with Crippen molar-refractivity contribution in [2.75, 3.05) is 14.2 Å². The van der Waals surface area contributed by atoms with Gasteiger partial charge in [0.05, 0.1) is 6.04 Å². The van der Waals surface area contributed by atoms with Crippen LogP contribution < -0.4 is 5.32 Å². The van der Waals surface area contributed by atoms with Gasteiger partial charge in [-0.3, -0.25) is 0 Å². The van der Waals surface area contributed by atoms with E-state index in [2.05, 4.69) is 22.4 Å². The molecule has 0 bridgehead atoms. The molecule has 2 rings (SSSR count). The summed E-state index contributed by atoms with van der Waals surface area (Å²) in [6, 6.07) is 0.137. The van der Waals surface area contributed by atoms with Gasteiger partial charge in [0.1, 0.15) is 6.10 Å². The number of rotatable bonds is 6. The number of ether oxygens (including phenoxy) is 1. The van der Waals surface area contributed by atoms with Gasteiger partial charge >= 0.3 is 0 Å². The lowest BCUT2D eigenvalue weighted by Crippen LogP contribution is -2.16. The van der Waals surface area contributed by atoms with Crippen LogP contribution in [0.25, 0.3) is 0 Å². The van der Waals surface area contributed by atoms with Crippen LogP contribution in [0.3, 0.4) is 0 Å². The largest absolute Gasteiger partial charge is 0.373 e. The highest BCUT2D eigenvalue weighted by Gasteiger charge is 2.36. The van der Waals surface area contributed by atoms with Crippen molar-refractivity contribution >= 4 is 0 Å². The zero-order valence-electron chi connectivity index (χ0n) is 10.1. The third kappa shape index (κ3) is 2.25. The van der Waals surface area contributed by atoms with E-state index in [4.69, 9.17) is 9.26 Å². The number of aromatic nitrogens is 2. The highest BCUT2D eigenvalue weighted by atomic mass is 16.5. The highest BCUT2D eigenvalue weighted by molar-refractivity contribution is 5.00. The van der Waals surface area contributed by atoms with Crippen LogP contribution in [-0.4, -0.2) is 24.3 Å². The maximum absolute atomic E-state index is 5.42. The monoisotopic (exact) mass is 225 g/mol. The summed E-state index contributed by atoms with van der Waals surface area (Å²) in [5, 5.41) is 7.16. The minimum atomic E-state index is 0.00635. The number of hydrogen-bond acceptors (Lipinski definition) is 5. The first kappa shape index (κ1) is 11.5. The van der Waals surface area contributed by atoms with Crippen LogP contribution in [0, 0.1) is 5.92 Å². The predicted octanol–water partition coefficient (Wildman–Crippen LogP) is 1.84. The molecule has 2 unspecified atom stereocenters. The molecule has 1 fully saturated rings. The Bertz CT molecular complexity index is 332. The van der Waals surface area contributed by atoms with E-state index in [1.165, 1.54) is 12.8 Å². The smallest absolute Gasteiger partial charge is 0.243 e. The Morgan fingerprint density at radius 2 is 2.31 bits per heavy atom. The van der Waals surface area contributed by atoms with Crippen molar-refractivity contribution in [1.29, 1.82) is 0 Å². The van der Waals surface area contributed by atoms with Crippen molar-refractivity contribution < 1.29 is 9.26 Å². The second kappa shape index (κ2) is 4.93. The molecule has 1 aliphatic rings. The topological polar surface area (TPSA) is 60.2 Å². The fourth-order valence-corrected chi connectivity index (χ4v) is 1.91. The van der Waals surface area contributed by atoms with E-state index in [-0.39, 0.29) is 12.1 Å². The Labute approximate surface area is 95.6 Å². The van der Waals surface area contributed by atoms with Gasteiger partial charge in [0.15, 0.2) is 0 Å². The molecule has 5 heteroatoms. The zero-order valence-corrected chi connectivity index (χ0v) is 10.1. The van der Waals surface area contributed by atoms with Gasteiger partial charge in [-0.25, -0.2) is 0 Å². The zero-order chi connectivity index (χ0) is 11.5. The van der Waals surface area contributed by atoms with Crippen molar-refractivity contribution in [1.82, 2.24) is 15.5 Å². The van der Waals surface area contributed by atoms with Crippen molar-refractivity contribution in [2.24, 2.45) is 5.92 Å². The summed E-state index contributed by atoms with van der Waals surface area (Å²) in [6.07, 6.45) is 3.34. The molecule has 0 radical (unpaired) electrons. The molecule has 1 saturated carbocycles. The van der Waals surface area contributed by atoms with Crippen molar-refractivity contribution in [2.45, 2.75) is 38.3 Å². The molecule has 1 aromatic rings. The molecule has 0 saturated heterocycles. The molecule has 1 aromatic heterocycles. The van der Waals surface area contributed by atoms with Crippen molar-refractivity contribution in [3.8, 4) is 0 Å². The molecule has 0 spiro atoms. The van der Waals surface area contributed by atoms with E-state index < -0.39 is 0 Å². The number of hydrogen-bond donors (Lipinski definition) is 1. The second-order valence-electron chi connectivity index (χ2n) is 4.23. The third-order valence-corrected chi connectivity index (χ3v) is 3.07. The van der Waals surface area contributed by atoms with E-state index in [9.17, 15) is 0 Å². The quantitative estimate of drug-likeness (QED) is 0.800. The second-order valence-corrected chi connectivity index (χ2v) is 4.23. The fourth-order valence-electron chi connectivity index (χ4n) is 1.91. The van der Waals surface area contributed by atoms with Crippen LogP contribution in [0.1, 0.15) is 50.0 Å². The summed E-state index contributed by atoms with van der Waals surface area (Å²) in [6.45, 7) is 2.08. The first-order chi connectivity index (χ1) is 7.80. The summed E-state index contributed by atoms with van der Waals surface area (Å²) in [7, 11) is 3.60. The number of methoxy groups -OCH3 is 1.